The molecule has 0 saturated heterocycles. The molecular weight excluding hydrogens is 352 g/mol. The van der Waals surface area contributed by atoms with Crippen molar-refractivity contribution in [3.63, 3.8) is 0 Å². The lowest BCUT2D eigenvalue weighted by Gasteiger charge is -2.26. The smallest absolute Gasteiger partial charge is 0.119 e. The zero-order valence-electron chi connectivity index (χ0n) is 18.1. The molecule has 0 heterocycles. The van der Waals surface area contributed by atoms with Gasteiger partial charge in [-0.3, -0.25) is 0 Å². The summed E-state index contributed by atoms with van der Waals surface area (Å²) in [6.45, 7) is 13.9. The van der Waals surface area contributed by atoms with Gasteiger partial charge in [-0.05, 0) is 41.5 Å². The monoisotopic (exact) mass is 386 g/mol. The van der Waals surface area contributed by atoms with Crippen molar-refractivity contribution in [2.24, 2.45) is 0 Å². The number of hydrogen-bond acceptors (Lipinski definition) is 4. The molecule has 2 aromatic carbocycles. The average molecular weight is 387 g/mol. The Hall–Kier alpha value is -2.36. The summed E-state index contributed by atoms with van der Waals surface area (Å²) in [5.74, 6) is 0.0672. The molecule has 0 atom stereocenters. The SMILES string of the molecule is CCCC(c1cc(O)c(C(C)(C)C)cc1O)c1cc(O)c(C(C)(C)C)cc1O. The van der Waals surface area contributed by atoms with Crippen molar-refractivity contribution in [2.75, 3.05) is 0 Å². The van der Waals surface area contributed by atoms with Crippen LogP contribution in [0.1, 0.15) is 89.5 Å². The molecule has 0 unspecified atom stereocenters. The molecule has 0 fully saturated rings. The van der Waals surface area contributed by atoms with Crippen molar-refractivity contribution >= 4 is 0 Å². The highest BCUT2D eigenvalue weighted by molar-refractivity contribution is 5.56. The fourth-order valence-electron chi connectivity index (χ4n) is 3.71. The molecule has 2 aromatic rings. The fraction of sp³-hybridized carbons (Fsp3) is 0.500. The van der Waals surface area contributed by atoms with Crippen LogP contribution in [-0.2, 0) is 10.8 Å². The topological polar surface area (TPSA) is 80.9 Å². The molecule has 4 heteroatoms. The lowest BCUT2D eigenvalue weighted by atomic mass is 9.80. The normalized spacial score (nSPS) is 12.6. The number of aromatic hydroxyl groups is 4. The van der Waals surface area contributed by atoms with E-state index in [9.17, 15) is 20.4 Å². The van der Waals surface area contributed by atoms with Crippen molar-refractivity contribution in [3.8, 4) is 23.0 Å². The zero-order valence-corrected chi connectivity index (χ0v) is 18.1. The molecular formula is C24H34O4. The van der Waals surface area contributed by atoms with Gasteiger partial charge in [-0.2, -0.15) is 0 Å². The minimum Gasteiger partial charge on any atom is -0.508 e. The van der Waals surface area contributed by atoms with Gasteiger partial charge in [0.05, 0.1) is 0 Å². The summed E-state index contributed by atoms with van der Waals surface area (Å²) in [7, 11) is 0. The van der Waals surface area contributed by atoms with Gasteiger partial charge >= 0.3 is 0 Å². The molecule has 2 rings (SSSR count). The van der Waals surface area contributed by atoms with Crippen molar-refractivity contribution in [1.29, 1.82) is 0 Å². The maximum Gasteiger partial charge on any atom is 0.119 e. The highest BCUT2D eigenvalue weighted by Crippen LogP contribution is 2.46. The third-order valence-corrected chi connectivity index (χ3v) is 5.23. The van der Waals surface area contributed by atoms with E-state index in [1.54, 1.807) is 24.3 Å². The second kappa shape index (κ2) is 7.57. The van der Waals surface area contributed by atoms with Crippen molar-refractivity contribution in [2.45, 2.75) is 78.1 Å². The molecule has 0 aliphatic heterocycles. The summed E-state index contributed by atoms with van der Waals surface area (Å²) < 4.78 is 0. The number of hydrogen-bond donors (Lipinski definition) is 4. The van der Waals surface area contributed by atoms with Crippen LogP contribution in [-0.4, -0.2) is 20.4 Å². The number of phenolic OH excluding ortho intramolecular Hbond substituents is 4. The molecule has 154 valence electrons. The number of phenols is 4. The van der Waals surface area contributed by atoms with Gasteiger partial charge in [-0.25, -0.2) is 0 Å². The van der Waals surface area contributed by atoms with E-state index in [2.05, 4.69) is 0 Å². The van der Waals surface area contributed by atoms with Crippen LogP contribution in [0.5, 0.6) is 23.0 Å². The first-order valence-electron chi connectivity index (χ1n) is 9.90. The Balaban J connectivity index is 2.65. The summed E-state index contributed by atoms with van der Waals surface area (Å²) >= 11 is 0. The lowest BCUT2D eigenvalue weighted by Crippen LogP contribution is -2.13. The lowest BCUT2D eigenvalue weighted by molar-refractivity contribution is 0.420. The Labute approximate surface area is 168 Å². The summed E-state index contributed by atoms with van der Waals surface area (Å²) in [4.78, 5) is 0. The van der Waals surface area contributed by atoms with Gasteiger partial charge < -0.3 is 20.4 Å². The summed E-state index contributed by atoms with van der Waals surface area (Å²) in [6.07, 6.45) is 1.47. The van der Waals surface area contributed by atoms with Gasteiger partial charge in [0.2, 0.25) is 0 Å². The Bertz CT molecular complexity index is 785. The van der Waals surface area contributed by atoms with E-state index in [0.29, 0.717) is 28.7 Å². The summed E-state index contributed by atoms with van der Waals surface area (Å²) in [6, 6.07) is 6.39. The third-order valence-electron chi connectivity index (χ3n) is 5.23. The Kier molecular flexibility index (Phi) is 5.93. The predicted molar refractivity (Wildman–Crippen MR) is 114 cm³/mol. The first-order valence-corrected chi connectivity index (χ1v) is 9.90. The molecule has 4 nitrogen and oxygen atoms in total. The highest BCUT2D eigenvalue weighted by Gasteiger charge is 2.28. The van der Waals surface area contributed by atoms with Crippen LogP contribution >= 0.6 is 0 Å². The molecule has 0 amide bonds. The van der Waals surface area contributed by atoms with Gasteiger partial charge in [-0.1, -0.05) is 54.9 Å². The fourth-order valence-corrected chi connectivity index (χ4v) is 3.71. The van der Waals surface area contributed by atoms with Crippen LogP contribution in [0, 0.1) is 0 Å². The molecule has 0 saturated carbocycles. The molecule has 0 bridgehead atoms. The number of benzene rings is 2. The van der Waals surface area contributed by atoms with E-state index in [1.165, 1.54) is 0 Å². The van der Waals surface area contributed by atoms with Gasteiger partial charge in [0.25, 0.3) is 0 Å². The average Bonchev–Trinajstić information content (AvgIpc) is 2.54. The van der Waals surface area contributed by atoms with E-state index >= 15 is 0 Å². The van der Waals surface area contributed by atoms with Crippen LogP contribution in [0.15, 0.2) is 24.3 Å². The highest BCUT2D eigenvalue weighted by atomic mass is 16.3. The van der Waals surface area contributed by atoms with Crippen LogP contribution in [0.2, 0.25) is 0 Å². The van der Waals surface area contributed by atoms with Crippen molar-refractivity contribution in [3.05, 3.63) is 46.5 Å². The third kappa shape index (κ3) is 4.37. The molecule has 0 spiro atoms. The quantitative estimate of drug-likeness (QED) is 0.483. The standard InChI is InChI=1S/C24H34O4/c1-8-9-14(15-10-21(27)17(12-19(15)25)23(2,3)4)16-11-22(28)18(13-20(16)26)24(5,6)7/h10-14,25-28H,8-9H2,1-7H3. The largest absolute Gasteiger partial charge is 0.508 e. The van der Waals surface area contributed by atoms with E-state index in [4.69, 9.17) is 0 Å². The second-order valence-corrected chi connectivity index (χ2v) is 9.70. The van der Waals surface area contributed by atoms with E-state index in [1.807, 2.05) is 48.5 Å². The number of rotatable bonds is 4. The minimum atomic E-state index is -0.343. The molecule has 4 N–H and O–H groups in total. The van der Waals surface area contributed by atoms with Crippen LogP contribution in [0.25, 0.3) is 0 Å². The Morgan fingerprint density at radius 3 is 1.29 bits per heavy atom. The predicted octanol–water partition coefficient (Wildman–Crippen LogP) is 6.04. The van der Waals surface area contributed by atoms with Crippen molar-refractivity contribution < 1.29 is 20.4 Å². The van der Waals surface area contributed by atoms with Gasteiger partial charge in [0, 0.05) is 28.2 Å². The summed E-state index contributed by atoms with van der Waals surface area (Å²) in [5.41, 5.74) is 1.80. The maximum atomic E-state index is 10.7. The summed E-state index contributed by atoms with van der Waals surface area (Å²) in [5, 5.41) is 42.6. The van der Waals surface area contributed by atoms with E-state index in [-0.39, 0.29) is 39.7 Å². The second-order valence-electron chi connectivity index (χ2n) is 9.70. The van der Waals surface area contributed by atoms with Crippen molar-refractivity contribution in [1.82, 2.24) is 0 Å². The molecule has 0 aromatic heterocycles. The van der Waals surface area contributed by atoms with Gasteiger partial charge in [0.1, 0.15) is 23.0 Å². The van der Waals surface area contributed by atoms with Crippen LogP contribution < -0.4 is 0 Å². The van der Waals surface area contributed by atoms with E-state index in [0.717, 1.165) is 6.42 Å². The molecule has 0 radical (unpaired) electrons. The van der Waals surface area contributed by atoms with Gasteiger partial charge in [0.15, 0.2) is 0 Å². The first-order chi connectivity index (χ1) is 12.8. The molecule has 0 aliphatic carbocycles. The zero-order chi connectivity index (χ0) is 21.4. The first kappa shape index (κ1) is 21.9. The molecule has 28 heavy (non-hydrogen) atoms. The Morgan fingerprint density at radius 1 is 0.643 bits per heavy atom. The van der Waals surface area contributed by atoms with Crippen LogP contribution in [0.4, 0.5) is 0 Å². The maximum absolute atomic E-state index is 10.7. The molecule has 0 aliphatic rings. The van der Waals surface area contributed by atoms with E-state index < -0.39 is 0 Å². The van der Waals surface area contributed by atoms with Gasteiger partial charge in [-0.15, -0.1) is 0 Å². The van der Waals surface area contributed by atoms with Crippen LogP contribution in [0.3, 0.4) is 0 Å². The minimum absolute atomic E-state index is 0.0833. The Morgan fingerprint density at radius 2 is 1.00 bits per heavy atom.